The molecule has 1 saturated heterocycles. The molecule has 118 valence electrons. The van der Waals surface area contributed by atoms with Gasteiger partial charge in [-0.3, -0.25) is 10.1 Å². The molecule has 0 unspecified atom stereocenters. The fourth-order valence-corrected chi connectivity index (χ4v) is 2.22. The average molecular weight is 310 g/mol. The number of hydrogen-bond acceptors (Lipinski definition) is 6. The van der Waals surface area contributed by atoms with Crippen LogP contribution < -0.4 is 4.74 Å². The first-order valence-corrected chi connectivity index (χ1v) is 6.51. The Morgan fingerprint density at radius 3 is 2.50 bits per heavy atom. The van der Waals surface area contributed by atoms with Crippen LogP contribution in [-0.4, -0.2) is 45.9 Å². The summed E-state index contributed by atoms with van der Waals surface area (Å²) < 4.78 is 9.99. The monoisotopic (exact) mass is 310 g/mol. The summed E-state index contributed by atoms with van der Waals surface area (Å²) >= 11 is 0. The predicted molar refractivity (Wildman–Crippen MR) is 72.8 cm³/mol. The van der Waals surface area contributed by atoms with Crippen molar-refractivity contribution in [2.24, 2.45) is 0 Å². The number of carbonyl (C=O) groups is 2. The van der Waals surface area contributed by atoms with Gasteiger partial charge in [-0.2, -0.15) is 0 Å². The Bertz CT molecular complexity index is 587. The highest BCUT2D eigenvalue weighted by Gasteiger charge is 2.36. The molecule has 2 rings (SSSR count). The van der Waals surface area contributed by atoms with Crippen LogP contribution in [0.25, 0.3) is 0 Å². The SMILES string of the molecule is C[C@H]1[C@@H](OC(=O)Oc2ccc([N+](=O)[O-])cc2)CCN1C(=O)O. The maximum absolute atomic E-state index is 11.7. The highest BCUT2D eigenvalue weighted by Crippen LogP contribution is 2.22. The summed E-state index contributed by atoms with van der Waals surface area (Å²) in [6.07, 6.45) is -2.23. The summed E-state index contributed by atoms with van der Waals surface area (Å²) in [6, 6.07) is 4.50. The molecule has 9 heteroatoms. The zero-order chi connectivity index (χ0) is 16.3. The lowest BCUT2D eigenvalue weighted by Gasteiger charge is -2.21. The van der Waals surface area contributed by atoms with Gasteiger partial charge in [0, 0.05) is 25.1 Å². The van der Waals surface area contributed by atoms with Gasteiger partial charge in [-0.05, 0) is 19.1 Å². The molecule has 0 spiro atoms. The Hall–Kier alpha value is -2.84. The van der Waals surface area contributed by atoms with Crippen molar-refractivity contribution < 1.29 is 29.1 Å². The average Bonchev–Trinajstić information content (AvgIpc) is 2.80. The molecule has 22 heavy (non-hydrogen) atoms. The first kappa shape index (κ1) is 15.5. The molecule has 2 atom stereocenters. The van der Waals surface area contributed by atoms with E-state index in [-0.39, 0.29) is 18.0 Å². The molecule has 0 saturated carbocycles. The molecule has 1 amide bonds. The smallest absolute Gasteiger partial charge is 0.465 e. The maximum atomic E-state index is 11.7. The zero-order valence-corrected chi connectivity index (χ0v) is 11.7. The van der Waals surface area contributed by atoms with Gasteiger partial charge in [0.2, 0.25) is 0 Å². The van der Waals surface area contributed by atoms with Crippen LogP contribution in [0, 0.1) is 10.1 Å². The summed E-state index contributed by atoms with van der Waals surface area (Å²) in [5, 5.41) is 19.4. The van der Waals surface area contributed by atoms with Gasteiger partial charge in [0.15, 0.2) is 0 Å². The Morgan fingerprint density at radius 1 is 1.36 bits per heavy atom. The first-order chi connectivity index (χ1) is 10.4. The summed E-state index contributed by atoms with van der Waals surface area (Å²) in [7, 11) is 0. The third kappa shape index (κ3) is 3.43. The Morgan fingerprint density at radius 2 is 2.00 bits per heavy atom. The topological polar surface area (TPSA) is 119 Å². The molecule has 9 nitrogen and oxygen atoms in total. The van der Waals surface area contributed by atoms with Crippen LogP contribution in [0.15, 0.2) is 24.3 Å². The summed E-state index contributed by atoms with van der Waals surface area (Å²) in [5.41, 5.74) is -0.123. The largest absolute Gasteiger partial charge is 0.514 e. The lowest BCUT2D eigenvalue weighted by molar-refractivity contribution is -0.384. The van der Waals surface area contributed by atoms with E-state index in [2.05, 4.69) is 0 Å². The minimum atomic E-state index is -1.07. The van der Waals surface area contributed by atoms with E-state index in [0.717, 1.165) is 0 Å². The molecule has 1 aliphatic heterocycles. The number of rotatable bonds is 3. The van der Waals surface area contributed by atoms with Crippen LogP contribution in [0.5, 0.6) is 5.75 Å². The van der Waals surface area contributed by atoms with Gasteiger partial charge in [-0.1, -0.05) is 0 Å². The maximum Gasteiger partial charge on any atom is 0.514 e. The Balaban J connectivity index is 1.90. The van der Waals surface area contributed by atoms with Gasteiger partial charge < -0.3 is 19.5 Å². The minimum Gasteiger partial charge on any atom is -0.465 e. The lowest BCUT2D eigenvalue weighted by Crippen LogP contribution is -2.38. The van der Waals surface area contributed by atoms with Crippen molar-refractivity contribution in [3.63, 3.8) is 0 Å². The lowest BCUT2D eigenvalue weighted by atomic mass is 10.2. The van der Waals surface area contributed by atoms with Gasteiger partial charge in [0.25, 0.3) is 5.69 Å². The molecule has 0 bridgehead atoms. The minimum absolute atomic E-state index is 0.108. The van der Waals surface area contributed by atoms with E-state index in [9.17, 15) is 19.7 Å². The van der Waals surface area contributed by atoms with E-state index in [4.69, 9.17) is 14.6 Å². The first-order valence-electron chi connectivity index (χ1n) is 6.51. The van der Waals surface area contributed by atoms with E-state index in [1.165, 1.54) is 29.2 Å². The molecule has 1 fully saturated rings. The number of nitro groups is 1. The molecule has 0 radical (unpaired) electrons. The Kier molecular flexibility index (Phi) is 4.44. The number of hydrogen-bond donors (Lipinski definition) is 1. The van der Waals surface area contributed by atoms with Gasteiger partial charge in [-0.25, -0.2) is 9.59 Å². The molecular formula is C13H14N2O7. The van der Waals surface area contributed by atoms with Crippen LogP contribution >= 0.6 is 0 Å². The number of non-ortho nitro benzene ring substituents is 1. The second-order valence-corrected chi connectivity index (χ2v) is 4.76. The normalized spacial score (nSPS) is 20.5. The number of nitro benzene ring substituents is 1. The fourth-order valence-electron chi connectivity index (χ4n) is 2.22. The van der Waals surface area contributed by atoms with Gasteiger partial charge in [0.1, 0.15) is 11.9 Å². The van der Waals surface area contributed by atoms with E-state index < -0.39 is 29.3 Å². The molecule has 1 aromatic carbocycles. The highest BCUT2D eigenvalue weighted by atomic mass is 16.7. The van der Waals surface area contributed by atoms with Crippen molar-refractivity contribution in [1.82, 2.24) is 4.90 Å². The fraction of sp³-hybridized carbons (Fsp3) is 0.385. The standard InChI is InChI=1S/C13H14N2O7/c1-8-11(6-7-14(8)12(16)17)22-13(18)21-10-4-2-9(3-5-10)15(19)20/h2-5,8,11H,6-7H2,1H3,(H,16,17)/t8-,11-/m0/s1. The van der Waals surface area contributed by atoms with Crippen molar-refractivity contribution in [1.29, 1.82) is 0 Å². The number of carboxylic acid groups (broad SMARTS) is 1. The summed E-state index contributed by atoms with van der Waals surface area (Å²) in [5.74, 6) is 0.108. The van der Waals surface area contributed by atoms with Crippen molar-refractivity contribution in [2.75, 3.05) is 6.54 Å². The molecule has 1 aliphatic rings. The van der Waals surface area contributed by atoms with Gasteiger partial charge in [0.05, 0.1) is 11.0 Å². The number of ether oxygens (including phenoxy) is 2. The van der Waals surface area contributed by atoms with Gasteiger partial charge >= 0.3 is 12.2 Å². The van der Waals surface area contributed by atoms with Crippen molar-refractivity contribution in [3.8, 4) is 5.75 Å². The predicted octanol–water partition coefficient (Wildman–Crippen LogP) is 2.25. The number of benzene rings is 1. The van der Waals surface area contributed by atoms with Crippen LogP contribution in [0.4, 0.5) is 15.3 Å². The molecule has 0 aliphatic carbocycles. The second kappa shape index (κ2) is 6.29. The number of nitrogens with zero attached hydrogens (tertiary/aromatic N) is 2. The molecular weight excluding hydrogens is 296 g/mol. The van der Waals surface area contributed by atoms with E-state index in [0.29, 0.717) is 6.42 Å². The Labute approximate surface area is 125 Å². The molecule has 1 heterocycles. The van der Waals surface area contributed by atoms with E-state index in [1.54, 1.807) is 6.92 Å². The van der Waals surface area contributed by atoms with Crippen LogP contribution in [-0.2, 0) is 4.74 Å². The molecule has 1 N–H and O–H groups in total. The van der Waals surface area contributed by atoms with Crippen LogP contribution in [0.1, 0.15) is 13.3 Å². The third-order valence-electron chi connectivity index (χ3n) is 3.43. The van der Waals surface area contributed by atoms with Crippen LogP contribution in [0.2, 0.25) is 0 Å². The summed E-state index contributed by atoms with van der Waals surface area (Å²) in [6.45, 7) is 1.93. The molecule has 0 aromatic heterocycles. The number of likely N-dealkylation sites (tertiary alicyclic amines) is 1. The van der Waals surface area contributed by atoms with E-state index in [1.807, 2.05) is 0 Å². The van der Waals surface area contributed by atoms with Crippen molar-refractivity contribution in [2.45, 2.75) is 25.5 Å². The van der Waals surface area contributed by atoms with Gasteiger partial charge in [-0.15, -0.1) is 0 Å². The van der Waals surface area contributed by atoms with Crippen LogP contribution in [0.3, 0.4) is 0 Å². The van der Waals surface area contributed by atoms with Crippen molar-refractivity contribution in [3.05, 3.63) is 34.4 Å². The molecule has 1 aromatic rings. The number of amides is 1. The quantitative estimate of drug-likeness (QED) is 0.393. The van der Waals surface area contributed by atoms with Crippen molar-refractivity contribution >= 4 is 17.9 Å². The number of carbonyl (C=O) groups excluding carboxylic acids is 1. The highest BCUT2D eigenvalue weighted by molar-refractivity contribution is 5.67. The van der Waals surface area contributed by atoms with E-state index >= 15 is 0 Å². The second-order valence-electron chi connectivity index (χ2n) is 4.76. The third-order valence-corrected chi connectivity index (χ3v) is 3.43. The summed E-state index contributed by atoms with van der Waals surface area (Å²) in [4.78, 5) is 33.7. The zero-order valence-electron chi connectivity index (χ0n) is 11.7.